The summed E-state index contributed by atoms with van der Waals surface area (Å²) in [7, 11) is 0. The topological polar surface area (TPSA) is 59.8 Å². The molecular weight excluding hydrogens is 324 g/mol. The van der Waals surface area contributed by atoms with Crippen LogP contribution >= 0.6 is 0 Å². The smallest absolute Gasteiger partial charge is 0.256 e. The van der Waals surface area contributed by atoms with E-state index < -0.39 is 0 Å². The van der Waals surface area contributed by atoms with Crippen LogP contribution < -0.4 is 5.32 Å². The minimum Gasteiger partial charge on any atom is -0.306 e. The Kier molecular flexibility index (Phi) is 4.26. The van der Waals surface area contributed by atoms with Crippen molar-refractivity contribution >= 4 is 11.7 Å². The number of amides is 1. The van der Waals surface area contributed by atoms with Gasteiger partial charge in [0, 0.05) is 17.8 Å². The number of anilines is 1. The highest BCUT2D eigenvalue weighted by molar-refractivity contribution is 6.04. The Balaban J connectivity index is 1.75. The highest BCUT2D eigenvalue weighted by Crippen LogP contribution is 2.23. The van der Waals surface area contributed by atoms with Crippen molar-refractivity contribution in [3.8, 4) is 17.1 Å². The molecule has 0 aliphatic heterocycles. The second-order valence-corrected chi connectivity index (χ2v) is 5.70. The molecule has 0 bridgehead atoms. The van der Waals surface area contributed by atoms with E-state index in [0.29, 0.717) is 17.1 Å². The summed E-state index contributed by atoms with van der Waals surface area (Å²) < 4.78 is 1.71. The van der Waals surface area contributed by atoms with Gasteiger partial charge in [-0.25, -0.2) is 4.68 Å². The van der Waals surface area contributed by atoms with Gasteiger partial charge in [-0.05, 0) is 36.4 Å². The van der Waals surface area contributed by atoms with E-state index in [1.165, 1.54) is 0 Å². The minimum atomic E-state index is -0.185. The summed E-state index contributed by atoms with van der Waals surface area (Å²) in [6.07, 6.45) is 1.72. The number of nitrogens with one attached hydrogen (secondary N) is 1. The van der Waals surface area contributed by atoms with Crippen molar-refractivity contribution in [3.05, 3.63) is 96.7 Å². The second kappa shape index (κ2) is 7.03. The highest BCUT2D eigenvalue weighted by Gasteiger charge is 2.15. The Hall–Kier alpha value is -3.73. The molecule has 126 valence electrons. The summed E-state index contributed by atoms with van der Waals surface area (Å²) in [5.74, 6) is 0.404. The van der Waals surface area contributed by atoms with E-state index in [1.54, 1.807) is 23.0 Å². The Morgan fingerprint density at radius 3 is 2.19 bits per heavy atom. The number of carbonyl (C=O) groups is 1. The lowest BCUT2D eigenvalue weighted by Crippen LogP contribution is -2.14. The zero-order chi connectivity index (χ0) is 17.8. The van der Waals surface area contributed by atoms with Crippen molar-refractivity contribution in [3.63, 3.8) is 0 Å². The van der Waals surface area contributed by atoms with Gasteiger partial charge in [-0.15, -0.1) is 0 Å². The molecule has 1 amide bonds. The molecule has 0 saturated carbocycles. The van der Waals surface area contributed by atoms with Gasteiger partial charge in [0.25, 0.3) is 5.91 Å². The largest absolute Gasteiger partial charge is 0.306 e. The van der Waals surface area contributed by atoms with Gasteiger partial charge >= 0.3 is 0 Å². The Morgan fingerprint density at radius 2 is 1.50 bits per heavy atom. The van der Waals surface area contributed by atoms with Gasteiger partial charge in [0.1, 0.15) is 11.5 Å². The van der Waals surface area contributed by atoms with E-state index in [2.05, 4.69) is 15.4 Å². The molecule has 2 aromatic heterocycles. The van der Waals surface area contributed by atoms with E-state index in [1.807, 2.05) is 72.8 Å². The molecule has 0 fully saturated rings. The van der Waals surface area contributed by atoms with Crippen LogP contribution in [0.5, 0.6) is 0 Å². The van der Waals surface area contributed by atoms with Crippen molar-refractivity contribution in [2.45, 2.75) is 0 Å². The van der Waals surface area contributed by atoms with E-state index in [9.17, 15) is 4.79 Å². The zero-order valence-corrected chi connectivity index (χ0v) is 13.9. The van der Waals surface area contributed by atoms with Gasteiger partial charge in [0.2, 0.25) is 0 Å². The van der Waals surface area contributed by atoms with Crippen LogP contribution in [0.15, 0.2) is 91.1 Å². The number of aromatic nitrogens is 3. The average Bonchev–Trinajstić information content (AvgIpc) is 3.14. The van der Waals surface area contributed by atoms with Gasteiger partial charge in [-0.2, -0.15) is 5.10 Å². The van der Waals surface area contributed by atoms with Gasteiger partial charge in [0.05, 0.1) is 11.4 Å². The molecule has 0 aliphatic rings. The molecule has 2 aromatic carbocycles. The maximum atomic E-state index is 12.6. The van der Waals surface area contributed by atoms with Crippen LogP contribution in [0.4, 0.5) is 5.82 Å². The minimum absolute atomic E-state index is 0.185. The number of hydrogen-bond donors (Lipinski definition) is 1. The fourth-order valence-electron chi connectivity index (χ4n) is 2.65. The van der Waals surface area contributed by atoms with Crippen LogP contribution in [0.3, 0.4) is 0 Å². The number of rotatable bonds is 4. The van der Waals surface area contributed by atoms with Crippen LogP contribution in [-0.4, -0.2) is 20.7 Å². The molecule has 26 heavy (non-hydrogen) atoms. The van der Waals surface area contributed by atoms with Gasteiger partial charge < -0.3 is 5.32 Å². The Bertz CT molecular complexity index is 1010. The summed E-state index contributed by atoms with van der Waals surface area (Å²) in [6, 6.07) is 26.3. The molecule has 4 aromatic rings. The monoisotopic (exact) mass is 340 g/mol. The molecular formula is C21H16N4O. The van der Waals surface area contributed by atoms with Gasteiger partial charge in [-0.3, -0.25) is 9.78 Å². The van der Waals surface area contributed by atoms with Crippen LogP contribution in [0.1, 0.15) is 10.4 Å². The van der Waals surface area contributed by atoms with Crippen molar-refractivity contribution in [1.82, 2.24) is 14.8 Å². The quantitative estimate of drug-likeness (QED) is 0.606. The van der Waals surface area contributed by atoms with Crippen LogP contribution in [-0.2, 0) is 0 Å². The highest BCUT2D eigenvalue weighted by atomic mass is 16.1. The SMILES string of the molecule is O=C(Nc1cc(-c2ccccn2)nn1-c1ccccc1)c1ccccc1. The molecule has 0 radical (unpaired) electrons. The number of hydrogen-bond acceptors (Lipinski definition) is 3. The maximum absolute atomic E-state index is 12.6. The summed E-state index contributed by atoms with van der Waals surface area (Å²) in [5, 5.41) is 7.59. The first kappa shape index (κ1) is 15.8. The summed E-state index contributed by atoms with van der Waals surface area (Å²) in [4.78, 5) is 16.9. The standard InChI is InChI=1S/C21H16N4O/c26-21(16-9-3-1-4-10-16)23-20-15-19(18-13-7-8-14-22-18)24-25(20)17-11-5-2-6-12-17/h1-15H,(H,23,26). The van der Waals surface area contributed by atoms with Crippen molar-refractivity contribution in [2.75, 3.05) is 5.32 Å². The normalized spacial score (nSPS) is 10.5. The van der Waals surface area contributed by atoms with Crippen LogP contribution in [0, 0.1) is 0 Å². The van der Waals surface area contributed by atoms with E-state index in [4.69, 9.17) is 0 Å². The molecule has 0 spiro atoms. The average molecular weight is 340 g/mol. The predicted molar refractivity (Wildman–Crippen MR) is 101 cm³/mol. The lowest BCUT2D eigenvalue weighted by molar-refractivity contribution is 0.102. The fourth-order valence-corrected chi connectivity index (χ4v) is 2.65. The molecule has 1 N–H and O–H groups in total. The lowest BCUT2D eigenvalue weighted by atomic mass is 10.2. The number of benzene rings is 2. The van der Waals surface area contributed by atoms with Crippen molar-refractivity contribution in [1.29, 1.82) is 0 Å². The van der Waals surface area contributed by atoms with Crippen molar-refractivity contribution < 1.29 is 4.79 Å². The summed E-state index contributed by atoms with van der Waals surface area (Å²) in [6.45, 7) is 0. The van der Waals surface area contributed by atoms with Gasteiger partial charge in [0.15, 0.2) is 0 Å². The number of pyridine rings is 1. The molecule has 4 rings (SSSR count). The Morgan fingerprint density at radius 1 is 0.808 bits per heavy atom. The number of carbonyl (C=O) groups excluding carboxylic acids is 1. The first-order valence-corrected chi connectivity index (χ1v) is 8.24. The van der Waals surface area contributed by atoms with E-state index in [0.717, 1.165) is 11.4 Å². The first-order valence-electron chi connectivity index (χ1n) is 8.24. The lowest BCUT2D eigenvalue weighted by Gasteiger charge is -2.08. The zero-order valence-electron chi connectivity index (χ0n) is 13.9. The molecule has 0 unspecified atom stereocenters. The van der Waals surface area contributed by atoms with Crippen LogP contribution in [0.25, 0.3) is 17.1 Å². The predicted octanol–water partition coefficient (Wildman–Crippen LogP) is 4.19. The van der Waals surface area contributed by atoms with E-state index >= 15 is 0 Å². The van der Waals surface area contributed by atoms with Crippen molar-refractivity contribution in [2.24, 2.45) is 0 Å². The second-order valence-electron chi connectivity index (χ2n) is 5.70. The molecule has 2 heterocycles. The molecule has 0 saturated heterocycles. The van der Waals surface area contributed by atoms with Crippen LogP contribution in [0.2, 0.25) is 0 Å². The summed E-state index contributed by atoms with van der Waals surface area (Å²) in [5.41, 5.74) is 2.89. The molecule has 5 nitrogen and oxygen atoms in total. The first-order chi connectivity index (χ1) is 12.8. The fraction of sp³-hybridized carbons (Fsp3) is 0. The number of para-hydroxylation sites is 1. The van der Waals surface area contributed by atoms with Gasteiger partial charge in [-0.1, -0.05) is 42.5 Å². The molecule has 0 atom stereocenters. The third-order valence-electron chi connectivity index (χ3n) is 3.92. The Labute approximate surface area is 151 Å². The van der Waals surface area contributed by atoms with E-state index in [-0.39, 0.29) is 5.91 Å². The molecule has 5 heteroatoms. The third kappa shape index (κ3) is 3.23. The molecule has 0 aliphatic carbocycles. The number of nitrogens with zero attached hydrogens (tertiary/aromatic N) is 3. The summed E-state index contributed by atoms with van der Waals surface area (Å²) >= 11 is 0. The third-order valence-corrected chi connectivity index (χ3v) is 3.92. The maximum Gasteiger partial charge on any atom is 0.256 e.